The molecule has 0 saturated carbocycles. The molecule has 82 heavy (non-hydrogen) atoms. The van der Waals surface area contributed by atoms with Crippen LogP contribution in [0.2, 0.25) is 0 Å². The van der Waals surface area contributed by atoms with E-state index in [2.05, 4.69) is 294 Å². The molecule has 0 aliphatic rings. The van der Waals surface area contributed by atoms with Gasteiger partial charge in [0.25, 0.3) is 0 Å². The van der Waals surface area contributed by atoms with E-state index >= 15 is 0 Å². The Hall–Kier alpha value is -9.53. The molecule has 0 bridgehead atoms. The zero-order valence-electron chi connectivity index (χ0n) is 46.3. The standard InChI is InChI=1S/C78H63O3P/c1-55(70-37-22-40-73(61-25-10-4-11-26-61)76(70)64-31-16-7-17-32-64)58-43-49-67(50-44-58)79-82(80-68-51-45-59(46-52-68)56(2)71-38-23-41-74(62-27-12-5-13-28-62)77(71)65-33-18-8-19-34-65)81-69-53-47-60(48-54-69)57(3)72-39-24-42-75(63-29-14-6-15-30-63)78(72)66-35-20-9-21-36-66/h4-57H,1-3H3. The lowest BCUT2D eigenvalue weighted by molar-refractivity contribution is 0.388. The van der Waals surface area contributed by atoms with Crippen LogP contribution in [0.15, 0.2) is 309 Å². The van der Waals surface area contributed by atoms with Gasteiger partial charge >= 0.3 is 8.60 Å². The molecule has 12 rings (SSSR count). The van der Waals surface area contributed by atoms with Crippen LogP contribution in [0.4, 0.5) is 0 Å². The Morgan fingerprint density at radius 2 is 0.439 bits per heavy atom. The molecule has 12 aromatic rings. The fraction of sp³-hybridized carbons (Fsp3) is 0.0769. The van der Waals surface area contributed by atoms with Crippen LogP contribution < -0.4 is 13.6 Å². The normalized spacial score (nSPS) is 12.6. The van der Waals surface area contributed by atoms with Crippen LogP contribution in [-0.2, 0) is 0 Å². The molecule has 4 heteroatoms. The van der Waals surface area contributed by atoms with Crippen molar-refractivity contribution in [3.05, 3.63) is 343 Å². The van der Waals surface area contributed by atoms with Gasteiger partial charge in [-0.1, -0.05) is 294 Å². The average Bonchev–Trinajstić information content (AvgIpc) is 3.75. The van der Waals surface area contributed by atoms with Crippen molar-refractivity contribution in [3.8, 4) is 84.0 Å². The average molecular weight is 1080 g/mol. The Kier molecular flexibility index (Phi) is 16.1. The van der Waals surface area contributed by atoms with Gasteiger partial charge in [0, 0.05) is 17.8 Å². The van der Waals surface area contributed by atoms with Gasteiger partial charge in [-0.05, 0) is 137 Å². The maximum atomic E-state index is 6.79. The molecule has 0 spiro atoms. The first-order chi connectivity index (χ1) is 40.4. The molecule has 0 saturated heterocycles. The Balaban J connectivity index is 0.844. The van der Waals surface area contributed by atoms with Gasteiger partial charge in [-0.2, -0.15) is 0 Å². The Bertz CT molecular complexity index is 3580. The van der Waals surface area contributed by atoms with Gasteiger partial charge in [0.2, 0.25) is 0 Å². The summed E-state index contributed by atoms with van der Waals surface area (Å²) in [5.41, 5.74) is 21.8. The minimum atomic E-state index is -1.99. The van der Waals surface area contributed by atoms with E-state index in [0.29, 0.717) is 17.2 Å². The second-order valence-corrected chi connectivity index (χ2v) is 21.9. The molecule has 0 heterocycles. The van der Waals surface area contributed by atoms with Gasteiger partial charge in [0.1, 0.15) is 17.2 Å². The summed E-state index contributed by atoms with van der Waals surface area (Å²) in [4.78, 5) is 0. The van der Waals surface area contributed by atoms with E-state index in [4.69, 9.17) is 13.6 Å². The van der Waals surface area contributed by atoms with Crippen LogP contribution in [0.5, 0.6) is 17.2 Å². The third-order valence-electron chi connectivity index (χ3n) is 15.8. The summed E-state index contributed by atoms with van der Waals surface area (Å²) >= 11 is 0. The lowest BCUT2D eigenvalue weighted by atomic mass is 9.83. The summed E-state index contributed by atoms with van der Waals surface area (Å²) in [5, 5.41) is 0. The van der Waals surface area contributed by atoms with E-state index < -0.39 is 8.60 Å². The van der Waals surface area contributed by atoms with Crippen molar-refractivity contribution < 1.29 is 13.6 Å². The highest BCUT2D eigenvalue weighted by molar-refractivity contribution is 7.43. The summed E-state index contributed by atoms with van der Waals surface area (Å²) in [6, 6.07) is 109. The van der Waals surface area contributed by atoms with Crippen LogP contribution in [0.1, 0.15) is 71.9 Å². The van der Waals surface area contributed by atoms with Crippen molar-refractivity contribution >= 4 is 8.60 Å². The fourth-order valence-electron chi connectivity index (χ4n) is 11.5. The highest BCUT2D eigenvalue weighted by atomic mass is 31.2. The van der Waals surface area contributed by atoms with Crippen LogP contribution in [-0.4, -0.2) is 0 Å². The van der Waals surface area contributed by atoms with E-state index in [9.17, 15) is 0 Å². The van der Waals surface area contributed by atoms with Crippen LogP contribution >= 0.6 is 8.60 Å². The van der Waals surface area contributed by atoms with Gasteiger partial charge in [-0.3, -0.25) is 0 Å². The van der Waals surface area contributed by atoms with Crippen molar-refractivity contribution in [1.82, 2.24) is 0 Å². The Morgan fingerprint density at radius 1 is 0.220 bits per heavy atom. The summed E-state index contributed by atoms with van der Waals surface area (Å²) < 4.78 is 20.4. The van der Waals surface area contributed by atoms with Gasteiger partial charge in [0.15, 0.2) is 0 Å². The monoisotopic (exact) mass is 1080 g/mol. The zero-order chi connectivity index (χ0) is 55.6. The first-order valence-electron chi connectivity index (χ1n) is 28.3. The third kappa shape index (κ3) is 11.7. The number of rotatable bonds is 18. The SMILES string of the molecule is CC(c1ccc(OP(Oc2ccc(C(C)c3cccc(-c4ccccc4)c3-c3ccccc3)cc2)Oc2ccc(C(C)c3cccc(-c4ccccc4)c3-c3ccccc3)cc2)cc1)c1cccc(-c2ccccc2)c1-c1ccccc1. The predicted octanol–water partition coefficient (Wildman–Crippen LogP) is 21.9. The first kappa shape index (κ1) is 53.1. The predicted molar refractivity (Wildman–Crippen MR) is 343 cm³/mol. The molecule has 3 atom stereocenters. The highest BCUT2D eigenvalue weighted by Gasteiger charge is 2.25. The van der Waals surface area contributed by atoms with E-state index in [1.54, 1.807) is 0 Å². The largest absolute Gasteiger partial charge is 0.530 e. The van der Waals surface area contributed by atoms with Crippen molar-refractivity contribution in [1.29, 1.82) is 0 Å². The summed E-state index contributed by atoms with van der Waals surface area (Å²) in [5.74, 6) is 2.20. The molecule has 3 nitrogen and oxygen atoms in total. The van der Waals surface area contributed by atoms with Crippen molar-refractivity contribution in [2.24, 2.45) is 0 Å². The van der Waals surface area contributed by atoms with Gasteiger partial charge in [-0.15, -0.1) is 0 Å². The second-order valence-electron chi connectivity index (χ2n) is 20.9. The molecule has 0 radical (unpaired) electrons. The summed E-state index contributed by atoms with van der Waals surface area (Å²) in [6.45, 7) is 6.85. The lowest BCUT2D eigenvalue weighted by Gasteiger charge is -2.22. The molecule has 0 amide bonds. The minimum Gasteiger partial charge on any atom is -0.409 e. The van der Waals surface area contributed by atoms with E-state index in [1.807, 2.05) is 36.4 Å². The number of hydrogen-bond donors (Lipinski definition) is 0. The molecule has 0 fully saturated rings. The van der Waals surface area contributed by atoms with Gasteiger partial charge in [0.05, 0.1) is 0 Å². The topological polar surface area (TPSA) is 27.7 Å². The molecule has 0 aliphatic carbocycles. The maximum absolute atomic E-state index is 6.79. The van der Waals surface area contributed by atoms with Gasteiger partial charge in [-0.25, -0.2) is 0 Å². The van der Waals surface area contributed by atoms with Gasteiger partial charge < -0.3 is 13.6 Å². The molecule has 0 aliphatic heterocycles. The van der Waals surface area contributed by atoms with E-state index in [0.717, 1.165) is 0 Å². The summed E-state index contributed by atoms with van der Waals surface area (Å²) in [7, 11) is -1.99. The molecule has 0 N–H and O–H groups in total. The molecule has 3 unspecified atom stereocenters. The number of benzene rings is 12. The zero-order valence-corrected chi connectivity index (χ0v) is 47.2. The van der Waals surface area contributed by atoms with Crippen molar-refractivity contribution in [3.63, 3.8) is 0 Å². The lowest BCUT2D eigenvalue weighted by Crippen LogP contribution is -2.04. The fourth-order valence-corrected chi connectivity index (χ4v) is 12.4. The van der Waals surface area contributed by atoms with Crippen LogP contribution in [0.3, 0.4) is 0 Å². The molecular formula is C78H63O3P. The Labute approximate surface area is 484 Å². The van der Waals surface area contributed by atoms with Crippen LogP contribution in [0, 0.1) is 0 Å². The molecule has 0 aromatic heterocycles. The first-order valence-corrected chi connectivity index (χ1v) is 29.4. The van der Waals surface area contributed by atoms with Crippen molar-refractivity contribution in [2.75, 3.05) is 0 Å². The molecular weight excluding hydrogens is 1020 g/mol. The third-order valence-corrected chi connectivity index (χ3v) is 16.9. The number of hydrogen-bond acceptors (Lipinski definition) is 3. The van der Waals surface area contributed by atoms with E-state index in [-0.39, 0.29) is 17.8 Å². The quantitative estimate of drug-likeness (QED) is 0.0802. The maximum Gasteiger partial charge on any atom is 0.530 e. The smallest absolute Gasteiger partial charge is 0.409 e. The molecule has 12 aromatic carbocycles. The van der Waals surface area contributed by atoms with Crippen molar-refractivity contribution in [2.45, 2.75) is 38.5 Å². The molecule has 398 valence electrons. The van der Waals surface area contributed by atoms with Crippen LogP contribution in [0.25, 0.3) is 66.8 Å². The summed E-state index contributed by atoms with van der Waals surface area (Å²) in [6.07, 6.45) is 0. The second kappa shape index (κ2) is 24.9. The highest BCUT2D eigenvalue weighted by Crippen LogP contribution is 2.47. The van der Waals surface area contributed by atoms with E-state index in [1.165, 1.54) is 100 Å². The minimum absolute atomic E-state index is 0.0814. The Morgan fingerprint density at radius 3 is 0.671 bits per heavy atom.